The van der Waals surface area contributed by atoms with E-state index in [9.17, 15) is 0 Å². The number of ether oxygens (including phenoxy) is 1. The molecule has 6 heteroatoms. The van der Waals surface area contributed by atoms with Crippen LogP contribution in [0.2, 0.25) is 0 Å². The Morgan fingerprint density at radius 3 is 2.63 bits per heavy atom. The van der Waals surface area contributed by atoms with Crippen molar-refractivity contribution in [2.24, 2.45) is 0 Å². The fourth-order valence-electron chi connectivity index (χ4n) is 2.94. The minimum atomic E-state index is 0.800. The quantitative estimate of drug-likeness (QED) is 0.594. The fourth-order valence-corrected chi connectivity index (χ4v) is 2.94. The topological polar surface area (TPSA) is 62.3 Å². The van der Waals surface area contributed by atoms with E-state index < -0.39 is 0 Å². The molecular weight excluding hydrogens is 338 g/mol. The van der Waals surface area contributed by atoms with Crippen LogP contribution in [-0.4, -0.2) is 56.2 Å². The Labute approximate surface area is 160 Å². The highest BCUT2D eigenvalue weighted by molar-refractivity contribution is 5.94. The second-order valence-electron chi connectivity index (χ2n) is 6.70. The minimum absolute atomic E-state index is 0.800. The van der Waals surface area contributed by atoms with Crippen molar-refractivity contribution in [1.82, 2.24) is 14.9 Å². The molecule has 0 spiro atoms. The molecule has 1 aromatic carbocycles. The third-order valence-electron chi connectivity index (χ3n) is 4.43. The van der Waals surface area contributed by atoms with Crippen molar-refractivity contribution >= 4 is 22.4 Å². The summed E-state index contributed by atoms with van der Waals surface area (Å²) in [4.78, 5) is 11.4. The lowest BCUT2D eigenvalue weighted by Crippen LogP contribution is -2.16. The van der Waals surface area contributed by atoms with Crippen LogP contribution in [0.5, 0.6) is 5.75 Å². The van der Waals surface area contributed by atoms with Crippen LogP contribution in [0.4, 0.5) is 11.5 Å². The van der Waals surface area contributed by atoms with Crippen molar-refractivity contribution in [3.05, 3.63) is 42.6 Å². The molecule has 2 N–H and O–H groups in total. The summed E-state index contributed by atoms with van der Waals surface area (Å²) in [6.45, 7) is 1.95. The van der Waals surface area contributed by atoms with Crippen molar-refractivity contribution in [1.29, 1.82) is 0 Å². The van der Waals surface area contributed by atoms with Crippen molar-refractivity contribution in [3.8, 4) is 17.0 Å². The summed E-state index contributed by atoms with van der Waals surface area (Å²) in [6, 6.07) is 12.1. The second kappa shape index (κ2) is 8.68. The zero-order chi connectivity index (χ0) is 19.2. The van der Waals surface area contributed by atoms with E-state index in [4.69, 9.17) is 9.72 Å². The van der Waals surface area contributed by atoms with Gasteiger partial charge in [0.1, 0.15) is 11.6 Å². The highest BCUT2D eigenvalue weighted by Gasteiger charge is 2.09. The van der Waals surface area contributed by atoms with E-state index in [1.54, 1.807) is 7.11 Å². The molecule has 0 amide bonds. The molecule has 3 aromatic rings. The van der Waals surface area contributed by atoms with Gasteiger partial charge >= 0.3 is 0 Å². The van der Waals surface area contributed by atoms with Gasteiger partial charge in [-0.1, -0.05) is 0 Å². The molecular formula is C21H27N5O. The summed E-state index contributed by atoms with van der Waals surface area (Å²) in [5.41, 5.74) is 3.85. The molecule has 27 heavy (non-hydrogen) atoms. The Hall–Kier alpha value is -2.86. The molecule has 0 aliphatic rings. The Bertz CT molecular complexity index is 893. The average Bonchev–Trinajstić information content (AvgIpc) is 2.70. The average molecular weight is 365 g/mol. The Morgan fingerprint density at radius 1 is 1.11 bits per heavy atom. The number of benzene rings is 1. The third-order valence-corrected chi connectivity index (χ3v) is 4.43. The molecule has 0 aliphatic carbocycles. The molecule has 0 radical (unpaired) electrons. The molecule has 3 rings (SSSR count). The Kier molecular flexibility index (Phi) is 6.08. The number of pyridine rings is 2. The second-order valence-corrected chi connectivity index (χ2v) is 6.70. The molecule has 142 valence electrons. The molecule has 2 aromatic heterocycles. The van der Waals surface area contributed by atoms with Crippen LogP contribution in [0, 0.1) is 0 Å². The molecule has 2 heterocycles. The maximum absolute atomic E-state index is 5.38. The number of nitrogens with one attached hydrogen (secondary N) is 2. The van der Waals surface area contributed by atoms with Crippen LogP contribution in [0.1, 0.15) is 6.42 Å². The van der Waals surface area contributed by atoms with Gasteiger partial charge in [-0.15, -0.1) is 0 Å². The molecule has 0 atom stereocenters. The summed E-state index contributed by atoms with van der Waals surface area (Å²) < 4.78 is 5.38. The maximum Gasteiger partial charge on any atom is 0.125 e. The fraction of sp³-hybridized carbons (Fsp3) is 0.333. The Morgan fingerprint density at radius 2 is 1.96 bits per heavy atom. The number of anilines is 2. The van der Waals surface area contributed by atoms with Gasteiger partial charge in [-0.05, 0) is 57.4 Å². The summed E-state index contributed by atoms with van der Waals surface area (Å²) in [7, 11) is 7.71. The lowest BCUT2D eigenvalue weighted by atomic mass is 10.1. The smallest absolute Gasteiger partial charge is 0.125 e. The van der Waals surface area contributed by atoms with Crippen LogP contribution < -0.4 is 15.4 Å². The van der Waals surface area contributed by atoms with Crippen LogP contribution in [0.25, 0.3) is 22.2 Å². The monoisotopic (exact) mass is 365 g/mol. The van der Waals surface area contributed by atoms with Crippen LogP contribution in [0.15, 0.2) is 42.6 Å². The Balaban J connectivity index is 1.97. The highest BCUT2D eigenvalue weighted by atomic mass is 16.5. The number of methoxy groups -OCH3 is 1. The van der Waals surface area contributed by atoms with E-state index >= 15 is 0 Å². The largest absolute Gasteiger partial charge is 0.497 e. The number of nitrogens with zero attached hydrogens (tertiary/aromatic N) is 3. The summed E-state index contributed by atoms with van der Waals surface area (Å²) in [5, 5.41) is 7.70. The number of rotatable bonds is 8. The van der Waals surface area contributed by atoms with E-state index in [0.29, 0.717) is 0 Å². The van der Waals surface area contributed by atoms with Gasteiger partial charge in [0, 0.05) is 42.5 Å². The zero-order valence-electron chi connectivity index (χ0n) is 16.4. The molecule has 0 unspecified atom stereocenters. The van der Waals surface area contributed by atoms with Crippen LogP contribution >= 0.6 is 0 Å². The van der Waals surface area contributed by atoms with E-state index in [2.05, 4.69) is 46.7 Å². The number of fused-ring (bicyclic) bond motifs is 1. The molecule has 0 fully saturated rings. The maximum atomic E-state index is 5.38. The summed E-state index contributed by atoms with van der Waals surface area (Å²) >= 11 is 0. The first-order valence-electron chi connectivity index (χ1n) is 9.12. The first-order chi connectivity index (χ1) is 13.1. The van der Waals surface area contributed by atoms with Crippen LogP contribution in [0.3, 0.4) is 0 Å². The first kappa shape index (κ1) is 18.9. The molecule has 0 saturated carbocycles. The van der Waals surface area contributed by atoms with Gasteiger partial charge in [-0.3, -0.25) is 0 Å². The number of hydrogen-bond acceptors (Lipinski definition) is 6. The number of aromatic nitrogens is 2. The SMILES string of the molecule is CNc1ccc(-c2cc(NCCCN(C)C)c3ccc(OC)cc3n2)cn1. The lowest BCUT2D eigenvalue weighted by molar-refractivity contribution is 0.405. The van der Waals surface area contributed by atoms with E-state index in [-0.39, 0.29) is 0 Å². The standard InChI is InChI=1S/C21H27N5O/c1-22-21-9-6-15(14-24-21)18-13-19(23-10-5-11-26(2)3)17-8-7-16(27-4)12-20(17)25-18/h6-9,12-14H,5,10-11H2,1-4H3,(H,22,24)(H,23,25). The lowest BCUT2D eigenvalue weighted by Gasteiger charge is -2.14. The van der Waals surface area contributed by atoms with Crippen LogP contribution in [-0.2, 0) is 0 Å². The van der Waals surface area contributed by atoms with Crippen molar-refractivity contribution in [2.45, 2.75) is 6.42 Å². The van der Waals surface area contributed by atoms with Gasteiger partial charge in [-0.2, -0.15) is 0 Å². The highest BCUT2D eigenvalue weighted by Crippen LogP contribution is 2.30. The van der Waals surface area contributed by atoms with Crippen molar-refractivity contribution in [2.75, 3.05) is 52.0 Å². The molecule has 0 saturated heterocycles. The first-order valence-corrected chi connectivity index (χ1v) is 9.12. The predicted molar refractivity (Wildman–Crippen MR) is 113 cm³/mol. The van der Waals surface area contributed by atoms with Gasteiger partial charge in [0.2, 0.25) is 0 Å². The van der Waals surface area contributed by atoms with Gasteiger partial charge in [-0.25, -0.2) is 9.97 Å². The van der Waals surface area contributed by atoms with E-state index in [1.807, 2.05) is 37.5 Å². The van der Waals surface area contributed by atoms with Crippen molar-refractivity contribution in [3.63, 3.8) is 0 Å². The predicted octanol–water partition coefficient (Wildman–Crippen LogP) is 3.71. The molecule has 0 bridgehead atoms. The van der Waals surface area contributed by atoms with E-state index in [0.717, 1.165) is 58.9 Å². The molecule has 6 nitrogen and oxygen atoms in total. The normalized spacial score (nSPS) is 11.0. The van der Waals surface area contributed by atoms with Gasteiger partial charge in [0.15, 0.2) is 0 Å². The van der Waals surface area contributed by atoms with Gasteiger partial charge < -0.3 is 20.3 Å². The summed E-state index contributed by atoms with van der Waals surface area (Å²) in [5.74, 6) is 1.64. The summed E-state index contributed by atoms with van der Waals surface area (Å²) in [6.07, 6.45) is 2.91. The minimum Gasteiger partial charge on any atom is -0.497 e. The zero-order valence-corrected chi connectivity index (χ0v) is 16.4. The molecule has 0 aliphatic heterocycles. The third kappa shape index (κ3) is 4.65. The van der Waals surface area contributed by atoms with Gasteiger partial charge in [0.25, 0.3) is 0 Å². The van der Waals surface area contributed by atoms with E-state index in [1.165, 1.54) is 0 Å². The van der Waals surface area contributed by atoms with Crippen molar-refractivity contribution < 1.29 is 4.74 Å². The number of hydrogen-bond donors (Lipinski definition) is 2. The van der Waals surface area contributed by atoms with Gasteiger partial charge in [0.05, 0.1) is 18.3 Å².